The van der Waals surface area contributed by atoms with Crippen molar-refractivity contribution in [3.8, 4) is 11.5 Å². The van der Waals surface area contributed by atoms with Crippen LogP contribution in [-0.4, -0.2) is 19.2 Å². The smallest absolute Gasteiger partial charge is 0.127 e. The van der Waals surface area contributed by atoms with Gasteiger partial charge in [0.25, 0.3) is 0 Å². The quantitative estimate of drug-likeness (QED) is 0.878. The summed E-state index contributed by atoms with van der Waals surface area (Å²) in [5.74, 6) is 1.64. The van der Waals surface area contributed by atoms with Crippen LogP contribution in [0.25, 0.3) is 0 Å². The van der Waals surface area contributed by atoms with Crippen LogP contribution in [0.4, 0.5) is 0 Å². The van der Waals surface area contributed by atoms with Crippen LogP contribution in [0.3, 0.4) is 0 Å². The molecule has 1 heterocycles. The van der Waals surface area contributed by atoms with Crippen molar-refractivity contribution in [3.05, 3.63) is 53.3 Å². The second-order valence-corrected chi connectivity index (χ2v) is 4.58. The number of aromatic nitrogens is 1. The zero-order valence-electron chi connectivity index (χ0n) is 12.1. The maximum absolute atomic E-state index is 5.38. The summed E-state index contributed by atoms with van der Waals surface area (Å²) in [4.78, 5) is 4.10. The molecule has 20 heavy (non-hydrogen) atoms. The number of rotatable bonds is 6. The highest BCUT2D eigenvalue weighted by molar-refractivity contribution is 5.40. The summed E-state index contributed by atoms with van der Waals surface area (Å²) >= 11 is 0. The van der Waals surface area contributed by atoms with Gasteiger partial charge in [-0.15, -0.1) is 0 Å². The zero-order chi connectivity index (χ0) is 14.4. The van der Waals surface area contributed by atoms with E-state index in [0.717, 1.165) is 30.2 Å². The molecular weight excluding hydrogens is 252 g/mol. The molecule has 0 aliphatic heterocycles. The fourth-order valence-electron chi connectivity index (χ4n) is 2.03. The number of nitrogens with one attached hydrogen (secondary N) is 1. The van der Waals surface area contributed by atoms with Crippen molar-refractivity contribution in [3.63, 3.8) is 0 Å². The van der Waals surface area contributed by atoms with Crippen molar-refractivity contribution in [2.45, 2.75) is 20.0 Å². The summed E-state index contributed by atoms with van der Waals surface area (Å²) in [5.41, 5.74) is 3.56. The molecule has 1 aromatic heterocycles. The van der Waals surface area contributed by atoms with Gasteiger partial charge >= 0.3 is 0 Å². The summed E-state index contributed by atoms with van der Waals surface area (Å²) in [7, 11) is 3.32. The highest BCUT2D eigenvalue weighted by Gasteiger charge is 2.05. The minimum Gasteiger partial charge on any atom is -0.497 e. The third kappa shape index (κ3) is 3.48. The first-order chi connectivity index (χ1) is 9.74. The summed E-state index contributed by atoms with van der Waals surface area (Å²) in [6, 6.07) is 7.89. The van der Waals surface area contributed by atoms with Crippen LogP contribution in [0.15, 0.2) is 36.7 Å². The number of methoxy groups -OCH3 is 2. The molecule has 0 atom stereocenters. The van der Waals surface area contributed by atoms with Gasteiger partial charge < -0.3 is 14.8 Å². The fraction of sp³-hybridized carbons (Fsp3) is 0.312. The molecule has 0 saturated heterocycles. The Morgan fingerprint density at radius 2 is 1.85 bits per heavy atom. The molecule has 2 rings (SSSR count). The number of pyridine rings is 1. The monoisotopic (exact) mass is 272 g/mol. The van der Waals surface area contributed by atoms with Gasteiger partial charge in [0.05, 0.1) is 14.2 Å². The van der Waals surface area contributed by atoms with Crippen molar-refractivity contribution in [2.24, 2.45) is 0 Å². The van der Waals surface area contributed by atoms with E-state index in [1.807, 2.05) is 36.7 Å². The lowest BCUT2D eigenvalue weighted by Gasteiger charge is -2.12. The van der Waals surface area contributed by atoms with Gasteiger partial charge in [0.15, 0.2) is 0 Å². The highest BCUT2D eigenvalue weighted by Crippen LogP contribution is 2.24. The molecule has 0 bridgehead atoms. The largest absolute Gasteiger partial charge is 0.497 e. The summed E-state index contributed by atoms with van der Waals surface area (Å²) < 4.78 is 10.6. The molecule has 0 radical (unpaired) electrons. The molecule has 0 aliphatic carbocycles. The van der Waals surface area contributed by atoms with E-state index in [9.17, 15) is 0 Å². The average molecular weight is 272 g/mol. The minimum atomic E-state index is 0.745. The molecule has 0 amide bonds. The van der Waals surface area contributed by atoms with Gasteiger partial charge in [-0.2, -0.15) is 0 Å². The van der Waals surface area contributed by atoms with Gasteiger partial charge in [0.2, 0.25) is 0 Å². The van der Waals surface area contributed by atoms with Crippen molar-refractivity contribution in [1.82, 2.24) is 10.3 Å². The zero-order valence-corrected chi connectivity index (χ0v) is 12.1. The molecule has 0 saturated carbocycles. The Morgan fingerprint density at radius 1 is 1.05 bits per heavy atom. The molecule has 4 heteroatoms. The number of benzene rings is 1. The van der Waals surface area contributed by atoms with Gasteiger partial charge in [-0.05, 0) is 30.2 Å². The molecule has 0 unspecified atom stereocenters. The molecule has 4 nitrogen and oxygen atoms in total. The summed E-state index contributed by atoms with van der Waals surface area (Å²) in [6.07, 6.45) is 3.70. The Kier molecular flexibility index (Phi) is 4.96. The minimum absolute atomic E-state index is 0.745. The van der Waals surface area contributed by atoms with Crippen LogP contribution in [0.1, 0.15) is 16.7 Å². The number of ether oxygens (including phenoxy) is 2. The van der Waals surface area contributed by atoms with Gasteiger partial charge in [-0.3, -0.25) is 4.98 Å². The van der Waals surface area contributed by atoms with Crippen LogP contribution in [-0.2, 0) is 13.1 Å². The average Bonchev–Trinajstić information content (AvgIpc) is 2.49. The van der Waals surface area contributed by atoms with Crippen LogP contribution in [0.5, 0.6) is 11.5 Å². The Morgan fingerprint density at radius 3 is 2.55 bits per heavy atom. The first kappa shape index (κ1) is 14.3. The molecule has 0 aliphatic rings. The second-order valence-electron chi connectivity index (χ2n) is 4.58. The second kappa shape index (κ2) is 6.91. The van der Waals surface area contributed by atoms with E-state index >= 15 is 0 Å². The maximum atomic E-state index is 5.38. The Bertz CT molecular complexity index is 570. The molecule has 0 spiro atoms. The van der Waals surface area contributed by atoms with Crippen molar-refractivity contribution >= 4 is 0 Å². The molecular formula is C16H20N2O2. The van der Waals surface area contributed by atoms with E-state index in [1.54, 1.807) is 14.2 Å². The highest BCUT2D eigenvalue weighted by atomic mass is 16.5. The van der Waals surface area contributed by atoms with Crippen molar-refractivity contribution < 1.29 is 9.47 Å². The van der Waals surface area contributed by atoms with Gasteiger partial charge in [-0.1, -0.05) is 6.07 Å². The van der Waals surface area contributed by atoms with Gasteiger partial charge in [0, 0.05) is 37.1 Å². The fourth-order valence-corrected chi connectivity index (χ4v) is 2.03. The molecule has 106 valence electrons. The van der Waals surface area contributed by atoms with Crippen LogP contribution in [0, 0.1) is 6.92 Å². The van der Waals surface area contributed by atoms with E-state index in [0.29, 0.717) is 0 Å². The molecule has 1 aromatic carbocycles. The number of aryl methyl sites for hydroxylation is 1. The lowest BCUT2D eigenvalue weighted by Crippen LogP contribution is -2.14. The maximum Gasteiger partial charge on any atom is 0.127 e. The van der Waals surface area contributed by atoms with Crippen LogP contribution in [0.2, 0.25) is 0 Å². The van der Waals surface area contributed by atoms with Gasteiger partial charge in [0.1, 0.15) is 11.5 Å². The Balaban J connectivity index is 1.99. The first-order valence-corrected chi connectivity index (χ1v) is 6.55. The summed E-state index contributed by atoms with van der Waals surface area (Å²) in [6.45, 7) is 3.62. The van der Waals surface area contributed by atoms with E-state index < -0.39 is 0 Å². The summed E-state index contributed by atoms with van der Waals surface area (Å²) in [5, 5.41) is 3.42. The lowest BCUT2D eigenvalue weighted by molar-refractivity contribution is 0.390. The first-order valence-electron chi connectivity index (χ1n) is 6.55. The van der Waals surface area contributed by atoms with Crippen LogP contribution < -0.4 is 14.8 Å². The van der Waals surface area contributed by atoms with E-state index in [4.69, 9.17) is 9.47 Å². The third-order valence-corrected chi connectivity index (χ3v) is 3.26. The SMILES string of the molecule is COc1ccc(CNCc2ccncc2C)c(OC)c1. The van der Waals surface area contributed by atoms with E-state index in [1.165, 1.54) is 11.1 Å². The molecule has 1 N–H and O–H groups in total. The Hall–Kier alpha value is -2.07. The topological polar surface area (TPSA) is 43.4 Å². The van der Waals surface area contributed by atoms with Crippen molar-refractivity contribution in [1.29, 1.82) is 0 Å². The Labute approximate surface area is 119 Å². The predicted octanol–water partition coefficient (Wildman–Crippen LogP) is 2.70. The van der Waals surface area contributed by atoms with E-state index in [2.05, 4.69) is 17.2 Å². The number of nitrogens with zero attached hydrogens (tertiary/aromatic N) is 1. The number of hydrogen-bond donors (Lipinski definition) is 1. The van der Waals surface area contributed by atoms with Gasteiger partial charge in [-0.25, -0.2) is 0 Å². The number of hydrogen-bond acceptors (Lipinski definition) is 4. The third-order valence-electron chi connectivity index (χ3n) is 3.26. The van der Waals surface area contributed by atoms with E-state index in [-0.39, 0.29) is 0 Å². The van der Waals surface area contributed by atoms with Crippen molar-refractivity contribution in [2.75, 3.05) is 14.2 Å². The predicted molar refractivity (Wildman–Crippen MR) is 79.1 cm³/mol. The molecule has 0 fully saturated rings. The lowest BCUT2D eigenvalue weighted by atomic mass is 10.1. The van der Waals surface area contributed by atoms with Crippen LogP contribution >= 0.6 is 0 Å². The molecule has 2 aromatic rings. The standard InChI is InChI=1S/C16H20N2O2/c1-12-9-17-7-6-13(12)10-18-11-14-4-5-15(19-2)8-16(14)20-3/h4-9,18H,10-11H2,1-3H3. The normalized spacial score (nSPS) is 10.3.